The third-order valence-electron chi connectivity index (χ3n) is 19.6. The van der Waals surface area contributed by atoms with Crippen molar-refractivity contribution in [3.63, 3.8) is 0 Å². The van der Waals surface area contributed by atoms with E-state index in [9.17, 15) is 15.8 Å². The number of hydrogen-bond donors (Lipinski definition) is 0. The zero-order valence-electron chi connectivity index (χ0n) is 48.4. The van der Waals surface area contributed by atoms with Crippen LogP contribution >= 0.6 is 0 Å². The quantitative estimate of drug-likeness (QED) is 0.171. The van der Waals surface area contributed by atoms with Crippen LogP contribution in [0.5, 0.6) is 0 Å². The van der Waals surface area contributed by atoms with E-state index in [1.54, 1.807) is 0 Å². The molecule has 0 aliphatic heterocycles. The smallest absolute Gasteiger partial charge is 0.143 e. The van der Waals surface area contributed by atoms with Gasteiger partial charge in [0, 0.05) is 87.3 Å². The minimum Gasteiger partial charge on any atom is -0.455 e. The lowest BCUT2D eigenvalue weighted by Crippen LogP contribution is -2.14. The molecule has 0 saturated carbocycles. The van der Waals surface area contributed by atoms with Crippen LogP contribution in [0.2, 0.25) is 0 Å². The highest BCUT2D eigenvalue weighted by Crippen LogP contribution is 2.56. The Hall–Kier alpha value is -11.7. The average molecular weight is 1120 g/mol. The summed E-state index contributed by atoms with van der Waals surface area (Å²) in [7, 11) is 0. The molecule has 410 valence electrons. The van der Waals surface area contributed by atoms with E-state index in [4.69, 9.17) is 8.83 Å². The average Bonchev–Trinajstić information content (AvgIpc) is 1.80. The van der Waals surface area contributed by atoms with Crippen LogP contribution in [-0.4, -0.2) is 9.13 Å². The van der Waals surface area contributed by atoms with Gasteiger partial charge in [-0.1, -0.05) is 191 Å². The van der Waals surface area contributed by atoms with Gasteiger partial charge in [-0.2, -0.15) is 15.8 Å². The van der Waals surface area contributed by atoms with E-state index in [1.165, 1.54) is 33.4 Å². The first-order valence-electron chi connectivity index (χ1n) is 29.8. The highest BCUT2D eigenvalue weighted by atomic mass is 16.3. The summed E-state index contributed by atoms with van der Waals surface area (Å²) in [5, 5.41) is 41.1. The molecule has 0 N–H and O–H groups in total. The third-order valence-corrected chi connectivity index (χ3v) is 19.6. The number of para-hydroxylation sites is 5. The van der Waals surface area contributed by atoms with Gasteiger partial charge in [-0.3, -0.25) is 0 Å². The molecule has 0 saturated heterocycles. The van der Waals surface area contributed by atoms with Crippen LogP contribution in [0, 0.1) is 34.0 Å². The van der Waals surface area contributed by atoms with Crippen molar-refractivity contribution in [3.8, 4) is 85.2 Å². The lowest BCUT2D eigenvalue weighted by atomic mass is 9.82. The van der Waals surface area contributed by atoms with Gasteiger partial charge in [0.2, 0.25) is 0 Å². The summed E-state index contributed by atoms with van der Waals surface area (Å²) in [6.07, 6.45) is 0. The maximum absolute atomic E-state index is 11.7. The molecule has 7 nitrogen and oxygen atoms in total. The predicted molar refractivity (Wildman–Crippen MR) is 355 cm³/mol. The Labute approximate surface area is 505 Å². The van der Waals surface area contributed by atoms with Crippen molar-refractivity contribution in [2.24, 2.45) is 0 Å². The van der Waals surface area contributed by atoms with E-state index < -0.39 is 0 Å². The van der Waals surface area contributed by atoms with E-state index in [0.29, 0.717) is 22.3 Å². The van der Waals surface area contributed by atoms with Gasteiger partial charge in [-0.05, 0) is 105 Å². The molecule has 2 aliphatic rings. The van der Waals surface area contributed by atoms with Crippen LogP contribution in [0.1, 0.15) is 66.6 Å². The van der Waals surface area contributed by atoms with Crippen LogP contribution in [0.25, 0.3) is 154 Å². The number of rotatable bonds is 5. The Morgan fingerprint density at radius 1 is 0.318 bits per heavy atom. The van der Waals surface area contributed by atoms with Crippen LogP contribution in [0.15, 0.2) is 233 Å². The summed E-state index contributed by atoms with van der Waals surface area (Å²) >= 11 is 0. The first kappa shape index (κ1) is 49.7. The minimum absolute atomic E-state index is 0.189. The Bertz CT molecular complexity index is 5990. The second-order valence-electron chi connectivity index (χ2n) is 24.8. The standard InChI is InChI=1S/C81H49N5O2/c1-80(2)63-26-9-5-19-58(63)73-65(80)34-32-56-54-23-14-22-53(76(54)87-78(56)73)52-21-13-16-47(43-83)75(52)86-68-29-12-8-18-51(68)62-40-46(31-37-70(62)86)48-39-49(44-84)72(71(41-48)85-67-28-11-7-17-50(67)61-38-45(42-82)30-36-69(61)85)60-25-15-24-55-57-33-35-66-74(79(57)88-77(55)60)59-20-6-10-27-64(59)81(66,3)4/h5-41H,1-4H3. The lowest BCUT2D eigenvalue weighted by molar-refractivity contribution is 0.653. The monoisotopic (exact) mass is 1120 g/mol. The fraction of sp³-hybridized carbons (Fsp3) is 0.0741. The normalized spacial score (nSPS) is 13.6. The Balaban J connectivity index is 0.866. The lowest BCUT2D eigenvalue weighted by Gasteiger charge is -2.21. The van der Waals surface area contributed by atoms with Gasteiger partial charge in [-0.25, -0.2) is 0 Å². The second kappa shape index (κ2) is 17.7. The molecule has 0 radical (unpaired) electrons. The SMILES string of the molecule is CC1(C)c2ccccc2-c2c1ccc1c2oc2c(-c3cccc(C#N)c3-n3c4ccccc4c4cc(-c5cc(C#N)c(-c6cccc7c6oc6c8c(ccc67)C(C)(C)c6ccccc6-8)c(-n6c7ccccc7c7cc(C#N)ccc76)c5)ccc43)cccc21. The summed E-state index contributed by atoms with van der Waals surface area (Å²) in [6, 6.07) is 85.8. The molecule has 0 unspecified atom stereocenters. The van der Waals surface area contributed by atoms with E-state index in [1.807, 2.05) is 48.5 Å². The molecule has 0 amide bonds. The molecule has 2 aliphatic carbocycles. The molecular weight excluding hydrogens is 1070 g/mol. The minimum atomic E-state index is -0.221. The summed E-state index contributed by atoms with van der Waals surface area (Å²) in [5.41, 5.74) is 24.3. The Kier molecular flexibility index (Phi) is 9.99. The van der Waals surface area contributed by atoms with Gasteiger partial charge >= 0.3 is 0 Å². The summed E-state index contributed by atoms with van der Waals surface area (Å²) < 4.78 is 19.0. The van der Waals surface area contributed by atoms with Crippen molar-refractivity contribution < 1.29 is 8.83 Å². The molecule has 7 heteroatoms. The molecule has 4 aromatic heterocycles. The van der Waals surface area contributed by atoms with Crippen LogP contribution < -0.4 is 0 Å². The maximum atomic E-state index is 11.7. The fourth-order valence-corrected chi connectivity index (χ4v) is 15.6. The first-order chi connectivity index (χ1) is 43.0. The van der Waals surface area contributed by atoms with Crippen molar-refractivity contribution in [2.75, 3.05) is 0 Å². The number of benzene rings is 12. The molecule has 0 atom stereocenters. The molecule has 0 fully saturated rings. The van der Waals surface area contributed by atoms with Gasteiger partial charge in [-0.15, -0.1) is 0 Å². The van der Waals surface area contributed by atoms with Gasteiger partial charge < -0.3 is 18.0 Å². The van der Waals surface area contributed by atoms with E-state index in [-0.39, 0.29) is 10.8 Å². The summed E-state index contributed by atoms with van der Waals surface area (Å²) in [6.45, 7) is 9.14. The molecule has 16 aromatic rings. The van der Waals surface area contributed by atoms with Crippen molar-refractivity contribution in [1.82, 2.24) is 9.13 Å². The zero-order chi connectivity index (χ0) is 59.1. The first-order valence-corrected chi connectivity index (χ1v) is 29.8. The number of furan rings is 2. The molecule has 88 heavy (non-hydrogen) atoms. The number of aromatic nitrogens is 2. The number of hydrogen-bond acceptors (Lipinski definition) is 5. The Morgan fingerprint density at radius 3 is 1.44 bits per heavy atom. The van der Waals surface area contributed by atoms with Crippen LogP contribution in [0.4, 0.5) is 0 Å². The van der Waals surface area contributed by atoms with Gasteiger partial charge in [0.1, 0.15) is 28.4 Å². The Morgan fingerprint density at radius 2 is 0.807 bits per heavy atom. The number of nitrogens with zero attached hydrogens (tertiary/aromatic N) is 5. The molecule has 4 heterocycles. The van der Waals surface area contributed by atoms with Crippen molar-refractivity contribution >= 4 is 87.5 Å². The second-order valence-corrected chi connectivity index (χ2v) is 24.8. The van der Waals surface area contributed by atoms with E-state index in [2.05, 4.69) is 231 Å². The molecule has 0 spiro atoms. The van der Waals surface area contributed by atoms with Gasteiger partial charge in [0.15, 0.2) is 0 Å². The predicted octanol–water partition coefficient (Wildman–Crippen LogP) is 20.9. The highest BCUT2D eigenvalue weighted by molar-refractivity contribution is 6.19. The summed E-state index contributed by atoms with van der Waals surface area (Å²) in [5.74, 6) is 0. The third kappa shape index (κ3) is 6.48. The molecule has 12 aromatic carbocycles. The van der Waals surface area contributed by atoms with Crippen LogP contribution in [-0.2, 0) is 10.8 Å². The van der Waals surface area contributed by atoms with Crippen molar-refractivity contribution in [2.45, 2.75) is 38.5 Å². The number of fused-ring (bicyclic) bond motifs is 20. The molecule has 0 bridgehead atoms. The van der Waals surface area contributed by atoms with E-state index >= 15 is 0 Å². The van der Waals surface area contributed by atoms with Crippen molar-refractivity contribution in [3.05, 3.63) is 263 Å². The van der Waals surface area contributed by atoms with Gasteiger partial charge in [0.25, 0.3) is 0 Å². The maximum Gasteiger partial charge on any atom is 0.143 e. The van der Waals surface area contributed by atoms with Crippen molar-refractivity contribution in [1.29, 1.82) is 15.8 Å². The molecule has 18 rings (SSSR count). The summed E-state index contributed by atoms with van der Waals surface area (Å²) in [4.78, 5) is 0. The zero-order valence-corrected chi connectivity index (χ0v) is 48.4. The highest BCUT2D eigenvalue weighted by Gasteiger charge is 2.39. The fourth-order valence-electron chi connectivity index (χ4n) is 15.6. The van der Waals surface area contributed by atoms with E-state index in [0.717, 1.165) is 138 Å². The number of nitriles is 3. The van der Waals surface area contributed by atoms with Gasteiger partial charge in [0.05, 0.1) is 62.3 Å². The molecular formula is C81H49N5O2. The topological polar surface area (TPSA) is 108 Å². The van der Waals surface area contributed by atoms with Crippen LogP contribution in [0.3, 0.4) is 0 Å². The largest absolute Gasteiger partial charge is 0.455 e.